The summed E-state index contributed by atoms with van der Waals surface area (Å²) in [7, 11) is 0. The zero-order valence-corrected chi connectivity index (χ0v) is 17.6. The Balaban J connectivity index is 1.82. The molecule has 166 valence electrons. The highest BCUT2D eigenvalue weighted by atomic mass is 16.3. The Morgan fingerprint density at radius 3 is 1.76 bits per heavy atom. The van der Waals surface area contributed by atoms with Crippen LogP contribution in [0.4, 0.5) is 0 Å². The summed E-state index contributed by atoms with van der Waals surface area (Å²) in [6.07, 6.45) is 6.55. The number of aromatic nitrogens is 4. The highest BCUT2D eigenvalue weighted by molar-refractivity contribution is 5.94. The van der Waals surface area contributed by atoms with Gasteiger partial charge in [-0.05, 0) is 42.0 Å². The normalized spacial score (nSPS) is 12.4. The van der Waals surface area contributed by atoms with E-state index in [9.17, 15) is 20.4 Å². The van der Waals surface area contributed by atoms with Crippen molar-refractivity contribution in [3.8, 4) is 34.1 Å². The molecule has 0 saturated heterocycles. The lowest BCUT2D eigenvalue weighted by Crippen LogP contribution is -1.85. The van der Waals surface area contributed by atoms with E-state index < -0.39 is 0 Å². The van der Waals surface area contributed by atoms with Gasteiger partial charge in [0, 0.05) is 11.6 Å². The van der Waals surface area contributed by atoms with Crippen molar-refractivity contribution in [2.45, 2.75) is 0 Å². The smallest absolute Gasteiger partial charge is 0.168 e. The summed E-state index contributed by atoms with van der Waals surface area (Å²) in [6.45, 7) is 0. The lowest BCUT2D eigenvalue weighted by molar-refractivity contribution is 0.461. The molecule has 0 saturated carbocycles. The molecule has 8 heteroatoms. The van der Waals surface area contributed by atoms with E-state index in [0.29, 0.717) is 33.5 Å². The van der Waals surface area contributed by atoms with Crippen LogP contribution in [0.3, 0.4) is 0 Å². The van der Waals surface area contributed by atoms with Crippen LogP contribution >= 0.6 is 0 Å². The van der Waals surface area contributed by atoms with E-state index >= 15 is 0 Å². The van der Waals surface area contributed by atoms with Gasteiger partial charge in [0.2, 0.25) is 0 Å². The summed E-state index contributed by atoms with van der Waals surface area (Å²) in [6, 6.07) is 14.3. The number of hydrogen-bond donors (Lipinski definition) is 6. The largest absolute Gasteiger partial charge is 0.506 e. The number of nitrogens with one attached hydrogen (secondary N) is 2. The highest BCUT2D eigenvalue weighted by Crippen LogP contribution is 2.38. The summed E-state index contributed by atoms with van der Waals surface area (Å²) in [5, 5.41) is 43.1. The summed E-state index contributed by atoms with van der Waals surface area (Å²) in [5.41, 5.74) is 4.11. The molecule has 0 aliphatic carbocycles. The maximum atomic E-state index is 10.9. The third-order valence-electron chi connectivity index (χ3n) is 5.83. The van der Waals surface area contributed by atoms with Crippen LogP contribution in [0.2, 0.25) is 0 Å². The minimum atomic E-state index is -0.267. The Hall–Kier alpha value is -4.98. The Kier molecular flexibility index (Phi) is 4.21. The molecule has 2 aliphatic heterocycles. The molecule has 34 heavy (non-hydrogen) atoms. The number of hydrogen-bond acceptors (Lipinski definition) is 6. The van der Waals surface area contributed by atoms with Gasteiger partial charge in [0.1, 0.15) is 28.3 Å². The predicted octanol–water partition coefficient (Wildman–Crippen LogP) is 5.15. The highest BCUT2D eigenvalue weighted by Gasteiger charge is 2.17. The fraction of sp³-hybridized carbons (Fsp3) is 0. The monoisotopic (exact) mass is 450 g/mol. The van der Waals surface area contributed by atoms with Crippen molar-refractivity contribution in [3.05, 3.63) is 71.3 Å². The fourth-order valence-corrected chi connectivity index (χ4v) is 4.14. The standard InChI is InChI=1S/C26H18N4O4/c31-21-12-20-22(13-4-2-1-3-5-13)14-6-7-15(27-14)24(32)16-8-9-17(28-16)25(33)18-10-11-19(29-18)26(34)23(21)30-20/h1-12,28,30-34H. The number of H-pyrrole nitrogens is 2. The lowest BCUT2D eigenvalue weighted by atomic mass is 10.0. The molecule has 0 radical (unpaired) electrons. The van der Waals surface area contributed by atoms with Crippen molar-refractivity contribution < 1.29 is 20.4 Å². The SMILES string of the molecule is Oc1c2nc(c(-c3ccccc3)c3cc(O)c([nH]3)c(O)c3nc(c(O)c4ccc1[nH]4)C=C3)C=C2. The predicted molar refractivity (Wildman–Crippen MR) is 131 cm³/mol. The molecule has 0 atom stereocenters. The molecule has 6 N–H and O–H groups in total. The zero-order chi connectivity index (χ0) is 23.4. The van der Waals surface area contributed by atoms with Gasteiger partial charge < -0.3 is 30.4 Å². The first-order chi connectivity index (χ1) is 16.5. The van der Waals surface area contributed by atoms with E-state index in [2.05, 4.69) is 19.9 Å². The minimum Gasteiger partial charge on any atom is -0.506 e. The van der Waals surface area contributed by atoms with Crippen LogP contribution in [-0.4, -0.2) is 40.4 Å². The van der Waals surface area contributed by atoms with E-state index in [4.69, 9.17) is 0 Å². The topological polar surface area (TPSA) is 138 Å². The van der Waals surface area contributed by atoms with E-state index in [0.717, 1.165) is 5.56 Å². The molecule has 0 spiro atoms. The number of aromatic hydroxyl groups is 4. The quantitative estimate of drug-likeness (QED) is 0.205. The summed E-state index contributed by atoms with van der Waals surface area (Å²) in [5.74, 6) is -0.672. The van der Waals surface area contributed by atoms with Gasteiger partial charge in [0.25, 0.3) is 0 Å². The summed E-state index contributed by atoms with van der Waals surface area (Å²) in [4.78, 5) is 15.0. The van der Waals surface area contributed by atoms with Crippen LogP contribution in [0.15, 0.2) is 48.5 Å². The van der Waals surface area contributed by atoms with Gasteiger partial charge in [-0.3, -0.25) is 0 Å². The molecular weight excluding hydrogens is 432 g/mol. The number of aromatic amines is 2. The Morgan fingerprint density at radius 2 is 1.12 bits per heavy atom. The second-order valence-corrected chi connectivity index (χ2v) is 7.95. The van der Waals surface area contributed by atoms with E-state index in [1.54, 1.807) is 36.4 Å². The van der Waals surface area contributed by atoms with Gasteiger partial charge in [-0.1, -0.05) is 30.3 Å². The maximum absolute atomic E-state index is 10.9. The van der Waals surface area contributed by atoms with Gasteiger partial charge in [0.05, 0.1) is 22.2 Å². The number of fused-ring (bicyclic) bond motifs is 8. The first kappa shape index (κ1) is 19.7. The van der Waals surface area contributed by atoms with Crippen LogP contribution in [0.25, 0.3) is 57.5 Å². The molecule has 0 amide bonds. The molecule has 8 bridgehead atoms. The van der Waals surface area contributed by atoms with E-state index in [1.807, 2.05) is 30.3 Å². The van der Waals surface area contributed by atoms with Gasteiger partial charge in [-0.25, -0.2) is 9.97 Å². The van der Waals surface area contributed by atoms with E-state index in [1.165, 1.54) is 6.07 Å². The van der Waals surface area contributed by atoms with E-state index in [-0.39, 0.29) is 39.9 Å². The first-order valence-corrected chi connectivity index (χ1v) is 10.5. The third kappa shape index (κ3) is 3.01. The molecule has 0 fully saturated rings. The maximum Gasteiger partial charge on any atom is 0.168 e. The molecule has 1 aromatic carbocycles. The van der Waals surface area contributed by atoms with Gasteiger partial charge in [-0.15, -0.1) is 0 Å². The first-order valence-electron chi connectivity index (χ1n) is 10.5. The second-order valence-electron chi connectivity index (χ2n) is 7.95. The van der Waals surface area contributed by atoms with Gasteiger partial charge >= 0.3 is 0 Å². The molecule has 0 unspecified atom stereocenters. The molecule has 6 rings (SSSR count). The Morgan fingerprint density at radius 1 is 0.559 bits per heavy atom. The van der Waals surface area contributed by atoms with Crippen molar-refractivity contribution >= 4 is 46.4 Å². The van der Waals surface area contributed by atoms with Crippen molar-refractivity contribution in [3.63, 3.8) is 0 Å². The van der Waals surface area contributed by atoms with Crippen LogP contribution < -0.4 is 0 Å². The van der Waals surface area contributed by atoms with Crippen molar-refractivity contribution in [2.24, 2.45) is 0 Å². The lowest BCUT2D eigenvalue weighted by Gasteiger charge is -2.03. The number of benzene rings is 1. The minimum absolute atomic E-state index is 0.0815. The van der Waals surface area contributed by atoms with Crippen LogP contribution in [-0.2, 0) is 0 Å². The zero-order valence-electron chi connectivity index (χ0n) is 17.6. The van der Waals surface area contributed by atoms with Crippen molar-refractivity contribution in [1.82, 2.24) is 19.9 Å². The molecule has 4 aromatic rings. The average Bonchev–Trinajstić information content (AvgIpc) is 3.65. The molecular formula is C26H18N4O4. The van der Waals surface area contributed by atoms with Crippen LogP contribution in [0.5, 0.6) is 23.0 Å². The van der Waals surface area contributed by atoms with Gasteiger partial charge in [-0.2, -0.15) is 0 Å². The molecule has 8 nitrogen and oxygen atoms in total. The summed E-state index contributed by atoms with van der Waals surface area (Å²) >= 11 is 0. The van der Waals surface area contributed by atoms with Crippen molar-refractivity contribution in [1.29, 1.82) is 0 Å². The molecule has 3 aromatic heterocycles. The Labute approximate surface area is 192 Å². The third-order valence-corrected chi connectivity index (χ3v) is 5.83. The Bertz CT molecular complexity index is 1700. The van der Waals surface area contributed by atoms with Gasteiger partial charge in [0.15, 0.2) is 17.2 Å². The molecule has 5 heterocycles. The average molecular weight is 450 g/mol. The second kappa shape index (κ2) is 7.28. The molecule has 2 aliphatic rings. The van der Waals surface area contributed by atoms with Crippen molar-refractivity contribution in [2.75, 3.05) is 0 Å². The van der Waals surface area contributed by atoms with Crippen LogP contribution in [0, 0.1) is 0 Å². The fourth-order valence-electron chi connectivity index (χ4n) is 4.14. The number of rotatable bonds is 1. The van der Waals surface area contributed by atoms with Crippen LogP contribution in [0.1, 0.15) is 22.8 Å². The number of nitrogens with zero attached hydrogens (tertiary/aromatic N) is 2. The summed E-state index contributed by atoms with van der Waals surface area (Å²) < 4.78 is 0.